The monoisotopic (exact) mass is 254 g/mol. The first-order chi connectivity index (χ1) is 8.09. The highest BCUT2D eigenvalue weighted by Crippen LogP contribution is 2.31. The normalized spacial score (nSPS) is 18.9. The van der Waals surface area contributed by atoms with E-state index in [4.69, 9.17) is 22.1 Å². The zero-order valence-electron chi connectivity index (χ0n) is 10.1. The first kappa shape index (κ1) is 12.5. The summed E-state index contributed by atoms with van der Waals surface area (Å²) >= 11 is 5.87. The van der Waals surface area contributed by atoms with E-state index in [9.17, 15) is 0 Å². The summed E-state index contributed by atoms with van der Waals surface area (Å²) in [5.74, 6) is 0. The molecule has 0 saturated carbocycles. The number of hydrogen-bond acceptors (Lipinski definition) is 3. The Morgan fingerprint density at radius 3 is 2.76 bits per heavy atom. The van der Waals surface area contributed by atoms with Crippen LogP contribution >= 0.6 is 11.6 Å². The lowest BCUT2D eigenvalue weighted by Gasteiger charge is -2.34. The SMILES string of the molecule is CC1(CNc2ccc(Cl)cc2N)CCOCC1. The standard InChI is InChI=1S/C13H19ClN2O/c1-13(4-6-17-7-5-13)9-16-12-3-2-10(14)8-11(12)15/h2-3,8,16H,4-7,9,15H2,1H3. The van der Waals surface area contributed by atoms with Gasteiger partial charge >= 0.3 is 0 Å². The van der Waals surface area contributed by atoms with Crippen molar-refractivity contribution in [2.24, 2.45) is 5.41 Å². The molecular formula is C13H19ClN2O. The third-order valence-corrected chi connectivity index (χ3v) is 3.65. The van der Waals surface area contributed by atoms with Crippen LogP contribution in [0.15, 0.2) is 18.2 Å². The molecule has 1 aromatic carbocycles. The molecule has 1 aliphatic heterocycles. The number of ether oxygens (including phenoxy) is 1. The fraction of sp³-hybridized carbons (Fsp3) is 0.538. The van der Waals surface area contributed by atoms with Crippen LogP contribution in [0.25, 0.3) is 0 Å². The number of anilines is 2. The molecule has 3 N–H and O–H groups in total. The van der Waals surface area contributed by atoms with Gasteiger partial charge in [-0.2, -0.15) is 0 Å². The number of halogens is 1. The number of nitrogens with two attached hydrogens (primary N) is 1. The molecule has 4 heteroatoms. The zero-order valence-corrected chi connectivity index (χ0v) is 10.9. The number of nitrogens with one attached hydrogen (secondary N) is 1. The molecule has 2 rings (SSSR count). The quantitative estimate of drug-likeness (QED) is 0.815. The molecule has 17 heavy (non-hydrogen) atoms. The average molecular weight is 255 g/mol. The van der Waals surface area contributed by atoms with Crippen molar-refractivity contribution in [3.05, 3.63) is 23.2 Å². The Labute approximate surface area is 107 Å². The minimum absolute atomic E-state index is 0.296. The van der Waals surface area contributed by atoms with E-state index in [0.29, 0.717) is 16.1 Å². The number of nitrogen functional groups attached to an aromatic ring is 1. The van der Waals surface area contributed by atoms with Crippen LogP contribution in [0, 0.1) is 5.41 Å². The topological polar surface area (TPSA) is 47.3 Å². The molecule has 0 aromatic heterocycles. The Kier molecular flexibility index (Phi) is 3.79. The molecule has 1 fully saturated rings. The zero-order chi connectivity index (χ0) is 12.3. The van der Waals surface area contributed by atoms with Crippen molar-refractivity contribution in [1.82, 2.24) is 0 Å². The van der Waals surface area contributed by atoms with Crippen LogP contribution in [0.3, 0.4) is 0 Å². The van der Waals surface area contributed by atoms with Gasteiger partial charge in [0, 0.05) is 24.8 Å². The van der Waals surface area contributed by atoms with Crippen LogP contribution in [0.4, 0.5) is 11.4 Å². The molecule has 0 unspecified atom stereocenters. The van der Waals surface area contributed by atoms with Crippen molar-refractivity contribution in [1.29, 1.82) is 0 Å². The maximum absolute atomic E-state index is 5.91. The molecule has 0 spiro atoms. The van der Waals surface area contributed by atoms with Crippen molar-refractivity contribution in [3.63, 3.8) is 0 Å². The van der Waals surface area contributed by atoms with Crippen LogP contribution < -0.4 is 11.1 Å². The van der Waals surface area contributed by atoms with E-state index >= 15 is 0 Å². The van der Waals surface area contributed by atoms with Crippen LogP contribution in [0.1, 0.15) is 19.8 Å². The molecule has 94 valence electrons. The minimum Gasteiger partial charge on any atom is -0.397 e. The highest BCUT2D eigenvalue weighted by atomic mass is 35.5. The number of rotatable bonds is 3. The summed E-state index contributed by atoms with van der Waals surface area (Å²) in [6.45, 7) is 4.92. The van der Waals surface area contributed by atoms with E-state index in [1.807, 2.05) is 12.1 Å². The molecule has 0 radical (unpaired) electrons. The number of hydrogen-bond donors (Lipinski definition) is 2. The lowest BCUT2D eigenvalue weighted by atomic mass is 9.82. The molecule has 1 aliphatic rings. The summed E-state index contributed by atoms with van der Waals surface area (Å²) in [6.07, 6.45) is 2.18. The van der Waals surface area contributed by atoms with Gasteiger partial charge in [-0.15, -0.1) is 0 Å². The second kappa shape index (κ2) is 5.15. The van der Waals surface area contributed by atoms with Crippen LogP contribution in [-0.4, -0.2) is 19.8 Å². The van der Waals surface area contributed by atoms with E-state index < -0.39 is 0 Å². The first-order valence-corrected chi connectivity index (χ1v) is 6.34. The van der Waals surface area contributed by atoms with Crippen molar-refractivity contribution >= 4 is 23.0 Å². The molecule has 0 amide bonds. The fourth-order valence-electron chi connectivity index (χ4n) is 2.04. The molecule has 1 saturated heterocycles. The Balaban J connectivity index is 1.97. The molecular weight excluding hydrogens is 236 g/mol. The minimum atomic E-state index is 0.296. The molecule has 0 aliphatic carbocycles. The van der Waals surface area contributed by atoms with Gasteiger partial charge in [0.1, 0.15) is 0 Å². The van der Waals surface area contributed by atoms with Gasteiger partial charge in [-0.25, -0.2) is 0 Å². The van der Waals surface area contributed by atoms with Crippen molar-refractivity contribution in [3.8, 4) is 0 Å². The predicted octanol–water partition coefficient (Wildman–Crippen LogP) is 3.15. The van der Waals surface area contributed by atoms with Gasteiger partial charge in [0.15, 0.2) is 0 Å². The first-order valence-electron chi connectivity index (χ1n) is 5.96. The second-order valence-electron chi connectivity index (χ2n) is 5.01. The highest BCUT2D eigenvalue weighted by molar-refractivity contribution is 6.31. The van der Waals surface area contributed by atoms with Crippen molar-refractivity contribution < 1.29 is 4.74 Å². The molecule has 1 heterocycles. The van der Waals surface area contributed by atoms with Gasteiger partial charge in [0.25, 0.3) is 0 Å². The fourth-order valence-corrected chi connectivity index (χ4v) is 2.22. The average Bonchev–Trinajstić information content (AvgIpc) is 2.29. The van der Waals surface area contributed by atoms with Gasteiger partial charge in [-0.1, -0.05) is 18.5 Å². The smallest absolute Gasteiger partial charge is 0.0575 e. The molecule has 0 atom stereocenters. The summed E-state index contributed by atoms with van der Waals surface area (Å²) in [5, 5.41) is 4.08. The lowest BCUT2D eigenvalue weighted by Crippen LogP contribution is -2.33. The summed E-state index contributed by atoms with van der Waals surface area (Å²) < 4.78 is 5.39. The Morgan fingerprint density at radius 2 is 2.12 bits per heavy atom. The summed E-state index contributed by atoms with van der Waals surface area (Å²) in [4.78, 5) is 0. The Morgan fingerprint density at radius 1 is 1.41 bits per heavy atom. The Bertz CT molecular complexity index is 389. The van der Waals surface area contributed by atoms with Gasteiger partial charge in [0.2, 0.25) is 0 Å². The van der Waals surface area contributed by atoms with E-state index in [1.165, 1.54) is 0 Å². The van der Waals surface area contributed by atoms with Gasteiger partial charge in [0.05, 0.1) is 11.4 Å². The van der Waals surface area contributed by atoms with Crippen LogP contribution in [-0.2, 0) is 4.74 Å². The summed E-state index contributed by atoms with van der Waals surface area (Å²) in [7, 11) is 0. The lowest BCUT2D eigenvalue weighted by molar-refractivity contribution is 0.0300. The molecule has 1 aromatic rings. The molecule has 3 nitrogen and oxygen atoms in total. The number of benzene rings is 1. The molecule has 0 bridgehead atoms. The summed E-state index contributed by atoms with van der Waals surface area (Å²) in [5.41, 5.74) is 7.87. The van der Waals surface area contributed by atoms with Gasteiger partial charge < -0.3 is 15.8 Å². The largest absolute Gasteiger partial charge is 0.397 e. The van der Waals surface area contributed by atoms with Crippen molar-refractivity contribution in [2.75, 3.05) is 30.8 Å². The van der Waals surface area contributed by atoms with E-state index in [0.717, 1.165) is 38.3 Å². The van der Waals surface area contributed by atoms with E-state index in [-0.39, 0.29) is 0 Å². The van der Waals surface area contributed by atoms with Crippen molar-refractivity contribution in [2.45, 2.75) is 19.8 Å². The van der Waals surface area contributed by atoms with Gasteiger partial charge in [-0.3, -0.25) is 0 Å². The Hall–Kier alpha value is -0.930. The predicted molar refractivity (Wildman–Crippen MR) is 72.5 cm³/mol. The third kappa shape index (κ3) is 3.27. The third-order valence-electron chi connectivity index (χ3n) is 3.42. The van der Waals surface area contributed by atoms with E-state index in [2.05, 4.69) is 12.2 Å². The van der Waals surface area contributed by atoms with Crippen LogP contribution in [0.2, 0.25) is 5.02 Å². The maximum atomic E-state index is 5.91. The summed E-state index contributed by atoms with van der Waals surface area (Å²) in [6, 6.07) is 5.56. The maximum Gasteiger partial charge on any atom is 0.0575 e. The highest BCUT2D eigenvalue weighted by Gasteiger charge is 2.27. The van der Waals surface area contributed by atoms with Crippen LogP contribution in [0.5, 0.6) is 0 Å². The van der Waals surface area contributed by atoms with E-state index in [1.54, 1.807) is 6.07 Å². The van der Waals surface area contributed by atoms with Gasteiger partial charge in [-0.05, 0) is 36.5 Å². The second-order valence-corrected chi connectivity index (χ2v) is 5.44.